The largest absolute Gasteiger partial charge is 0.489 e. The number of benzene rings is 3. The van der Waals surface area contributed by atoms with Crippen molar-refractivity contribution in [1.82, 2.24) is 0 Å². The Morgan fingerprint density at radius 2 is 1.54 bits per heavy atom. The van der Waals surface area contributed by atoms with Gasteiger partial charge in [0.1, 0.15) is 12.4 Å². The van der Waals surface area contributed by atoms with Crippen LogP contribution < -0.4 is 10.1 Å². The van der Waals surface area contributed by atoms with E-state index in [0.29, 0.717) is 23.4 Å². The van der Waals surface area contributed by atoms with Gasteiger partial charge in [-0.1, -0.05) is 42.5 Å². The third-order valence-corrected chi connectivity index (χ3v) is 4.04. The summed E-state index contributed by atoms with van der Waals surface area (Å²) in [4.78, 5) is 24.6. The number of nitrogens with one attached hydrogen (secondary N) is 1. The van der Waals surface area contributed by atoms with Gasteiger partial charge in [-0.25, -0.2) is 4.79 Å². The molecular formula is C23H21NO4. The van der Waals surface area contributed by atoms with Gasteiger partial charge in [-0.05, 0) is 48.9 Å². The van der Waals surface area contributed by atoms with Crippen molar-refractivity contribution in [3.05, 3.63) is 95.6 Å². The van der Waals surface area contributed by atoms with Gasteiger partial charge in [0.05, 0.1) is 17.9 Å². The summed E-state index contributed by atoms with van der Waals surface area (Å²) in [7, 11) is 0. The number of carbonyl (C=O) groups excluding carboxylic acids is 2. The molecule has 0 radical (unpaired) electrons. The quantitative estimate of drug-likeness (QED) is 0.608. The molecule has 0 saturated heterocycles. The van der Waals surface area contributed by atoms with Crippen molar-refractivity contribution in [1.29, 1.82) is 0 Å². The first-order chi connectivity index (χ1) is 13.7. The van der Waals surface area contributed by atoms with Crippen LogP contribution in [0.25, 0.3) is 0 Å². The Balaban J connectivity index is 1.65. The standard InChI is InChI=1S/C23H21NO4/c1-2-27-23(26)20-10-6-7-11-21(20)24-22(25)18-14-12-17(13-15-18)16-28-19-8-4-3-5-9-19/h3-15H,2,16H2,1H3,(H,24,25). The molecule has 0 heterocycles. The SMILES string of the molecule is CCOC(=O)c1ccccc1NC(=O)c1ccc(COc2ccccc2)cc1. The van der Waals surface area contributed by atoms with E-state index in [1.165, 1.54) is 0 Å². The number of carbonyl (C=O) groups is 2. The maximum absolute atomic E-state index is 12.5. The lowest BCUT2D eigenvalue weighted by Crippen LogP contribution is -2.16. The normalized spacial score (nSPS) is 10.2. The van der Waals surface area contributed by atoms with Crippen molar-refractivity contribution < 1.29 is 19.1 Å². The zero-order chi connectivity index (χ0) is 19.8. The van der Waals surface area contributed by atoms with Crippen LogP contribution in [0.5, 0.6) is 5.75 Å². The monoisotopic (exact) mass is 375 g/mol. The number of amides is 1. The second-order valence-electron chi connectivity index (χ2n) is 6.02. The van der Waals surface area contributed by atoms with E-state index in [1.807, 2.05) is 42.5 Å². The van der Waals surface area contributed by atoms with Gasteiger partial charge in [0.15, 0.2) is 0 Å². The molecule has 142 valence electrons. The maximum atomic E-state index is 12.5. The van der Waals surface area contributed by atoms with Crippen LogP contribution in [0.4, 0.5) is 5.69 Å². The number of anilines is 1. The predicted octanol–water partition coefficient (Wildman–Crippen LogP) is 4.69. The molecule has 1 amide bonds. The minimum atomic E-state index is -0.466. The first-order valence-electron chi connectivity index (χ1n) is 9.01. The van der Waals surface area contributed by atoms with Crippen molar-refractivity contribution in [2.24, 2.45) is 0 Å². The molecule has 0 saturated carbocycles. The Labute approximate surface area is 163 Å². The fourth-order valence-corrected chi connectivity index (χ4v) is 2.61. The van der Waals surface area contributed by atoms with E-state index >= 15 is 0 Å². The number of rotatable bonds is 7. The third kappa shape index (κ3) is 4.98. The number of hydrogen-bond donors (Lipinski definition) is 1. The molecule has 0 fully saturated rings. The highest BCUT2D eigenvalue weighted by Gasteiger charge is 2.14. The van der Waals surface area contributed by atoms with Crippen molar-refractivity contribution in [2.75, 3.05) is 11.9 Å². The first kappa shape index (κ1) is 19.2. The summed E-state index contributed by atoms with van der Waals surface area (Å²) in [6.07, 6.45) is 0. The summed E-state index contributed by atoms with van der Waals surface area (Å²) < 4.78 is 10.7. The summed E-state index contributed by atoms with van der Waals surface area (Å²) in [6.45, 7) is 2.42. The minimum absolute atomic E-state index is 0.271. The van der Waals surface area contributed by atoms with Crippen LogP contribution in [0, 0.1) is 0 Å². The van der Waals surface area contributed by atoms with E-state index in [9.17, 15) is 9.59 Å². The predicted molar refractivity (Wildman–Crippen MR) is 108 cm³/mol. The summed E-state index contributed by atoms with van der Waals surface area (Å²) in [5.41, 5.74) is 2.18. The number of hydrogen-bond acceptors (Lipinski definition) is 4. The summed E-state index contributed by atoms with van der Waals surface area (Å²) in [5.74, 6) is 0.0268. The molecule has 3 rings (SSSR count). The zero-order valence-corrected chi connectivity index (χ0v) is 15.6. The highest BCUT2D eigenvalue weighted by atomic mass is 16.5. The van der Waals surface area contributed by atoms with Gasteiger partial charge < -0.3 is 14.8 Å². The summed E-state index contributed by atoms with van der Waals surface area (Å²) in [5, 5.41) is 2.77. The molecule has 0 aliphatic carbocycles. The smallest absolute Gasteiger partial charge is 0.340 e. The lowest BCUT2D eigenvalue weighted by atomic mass is 10.1. The average Bonchev–Trinajstić information content (AvgIpc) is 2.74. The van der Waals surface area contributed by atoms with Crippen molar-refractivity contribution in [3.63, 3.8) is 0 Å². The van der Waals surface area contributed by atoms with E-state index in [0.717, 1.165) is 11.3 Å². The number of ether oxygens (including phenoxy) is 2. The van der Waals surface area contributed by atoms with Crippen LogP contribution in [-0.4, -0.2) is 18.5 Å². The molecule has 28 heavy (non-hydrogen) atoms. The topological polar surface area (TPSA) is 64.6 Å². The van der Waals surface area contributed by atoms with Gasteiger partial charge in [-0.3, -0.25) is 4.79 Å². The molecule has 0 spiro atoms. The van der Waals surface area contributed by atoms with E-state index in [1.54, 1.807) is 43.3 Å². The molecule has 0 aliphatic heterocycles. The summed E-state index contributed by atoms with van der Waals surface area (Å²) >= 11 is 0. The lowest BCUT2D eigenvalue weighted by molar-refractivity contribution is 0.0527. The highest BCUT2D eigenvalue weighted by Crippen LogP contribution is 2.18. The Kier molecular flexibility index (Phi) is 6.41. The molecule has 3 aromatic carbocycles. The minimum Gasteiger partial charge on any atom is -0.489 e. The fraction of sp³-hybridized carbons (Fsp3) is 0.130. The summed E-state index contributed by atoms with van der Waals surface area (Å²) in [6, 6.07) is 23.5. The van der Waals surface area contributed by atoms with Crippen LogP contribution in [0.15, 0.2) is 78.9 Å². The molecule has 0 atom stereocenters. The zero-order valence-electron chi connectivity index (χ0n) is 15.6. The van der Waals surface area contributed by atoms with Gasteiger partial charge >= 0.3 is 5.97 Å². The molecule has 0 unspecified atom stereocenters. The highest BCUT2D eigenvalue weighted by molar-refractivity contribution is 6.08. The van der Waals surface area contributed by atoms with E-state index < -0.39 is 5.97 Å². The number of para-hydroxylation sites is 2. The van der Waals surface area contributed by atoms with Crippen LogP contribution in [0.1, 0.15) is 33.2 Å². The molecule has 0 aliphatic rings. The third-order valence-electron chi connectivity index (χ3n) is 4.04. The van der Waals surface area contributed by atoms with Crippen LogP contribution in [-0.2, 0) is 11.3 Å². The van der Waals surface area contributed by atoms with Crippen LogP contribution in [0.3, 0.4) is 0 Å². The van der Waals surface area contributed by atoms with E-state index in [2.05, 4.69) is 5.32 Å². The van der Waals surface area contributed by atoms with Crippen molar-refractivity contribution >= 4 is 17.6 Å². The van der Waals surface area contributed by atoms with Gasteiger partial charge in [-0.2, -0.15) is 0 Å². The lowest BCUT2D eigenvalue weighted by Gasteiger charge is -2.11. The molecule has 5 heteroatoms. The van der Waals surface area contributed by atoms with Crippen LogP contribution >= 0.6 is 0 Å². The van der Waals surface area contributed by atoms with Crippen LogP contribution in [0.2, 0.25) is 0 Å². The Bertz CT molecular complexity index is 936. The van der Waals surface area contributed by atoms with Crippen molar-refractivity contribution in [2.45, 2.75) is 13.5 Å². The van der Waals surface area contributed by atoms with E-state index in [-0.39, 0.29) is 12.5 Å². The Hall–Kier alpha value is -3.60. The molecule has 5 nitrogen and oxygen atoms in total. The van der Waals surface area contributed by atoms with Gasteiger partial charge in [0, 0.05) is 5.56 Å². The average molecular weight is 375 g/mol. The fourth-order valence-electron chi connectivity index (χ4n) is 2.61. The molecule has 0 aromatic heterocycles. The van der Waals surface area contributed by atoms with Gasteiger partial charge in [0.25, 0.3) is 5.91 Å². The van der Waals surface area contributed by atoms with Gasteiger partial charge in [-0.15, -0.1) is 0 Å². The Morgan fingerprint density at radius 3 is 2.25 bits per heavy atom. The first-order valence-corrected chi connectivity index (χ1v) is 9.01. The second kappa shape index (κ2) is 9.37. The molecule has 3 aromatic rings. The van der Waals surface area contributed by atoms with Crippen molar-refractivity contribution in [3.8, 4) is 5.75 Å². The molecular weight excluding hydrogens is 354 g/mol. The van der Waals surface area contributed by atoms with E-state index in [4.69, 9.17) is 9.47 Å². The maximum Gasteiger partial charge on any atom is 0.340 e. The number of esters is 1. The second-order valence-corrected chi connectivity index (χ2v) is 6.02. The Morgan fingerprint density at radius 1 is 0.857 bits per heavy atom. The molecule has 1 N–H and O–H groups in total. The van der Waals surface area contributed by atoms with Gasteiger partial charge in [0.2, 0.25) is 0 Å². The molecule has 0 bridgehead atoms.